The predicted molar refractivity (Wildman–Crippen MR) is 172 cm³/mol. The van der Waals surface area contributed by atoms with Crippen LogP contribution < -0.4 is 20.1 Å². The lowest BCUT2D eigenvalue weighted by Crippen LogP contribution is -2.44. The predicted octanol–water partition coefficient (Wildman–Crippen LogP) is 3.33. The second-order valence-electron chi connectivity index (χ2n) is 12.2. The van der Waals surface area contributed by atoms with Crippen molar-refractivity contribution in [3.63, 3.8) is 0 Å². The van der Waals surface area contributed by atoms with E-state index in [0.29, 0.717) is 68.0 Å². The normalized spacial score (nSPS) is 17.6. The first-order valence-electron chi connectivity index (χ1n) is 15.4. The van der Waals surface area contributed by atoms with E-state index in [2.05, 4.69) is 14.9 Å². The number of hydrogen-bond donors (Lipinski definition) is 0. The van der Waals surface area contributed by atoms with Crippen molar-refractivity contribution in [3.05, 3.63) is 81.9 Å². The van der Waals surface area contributed by atoms with Crippen molar-refractivity contribution >= 4 is 28.2 Å². The molecule has 11 nitrogen and oxygen atoms in total. The summed E-state index contributed by atoms with van der Waals surface area (Å²) >= 11 is 0. The molecule has 11 heteroatoms. The average Bonchev–Trinajstić information content (AvgIpc) is 3.22. The molecule has 1 amide bonds. The third-order valence-electron chi connectivity index (χ3n) is 8.87. The molecule has 2 aliphatic rings. The number of likely N-dealkylation sites (N-methyl/N-ethyl adjacent to an activating group) is 1. The standard InChI is InChI=1S/C34H40N6O5/c1-34(2)31-28(38(3)33(34)42)17-22(19-36-31)12-14-40-30(11-10-26-29(44-5)7-6-13-35-26)37-27-18-23(8-9-25(27)32(40)41)39-15-16-45-24(20-39)21-43-4/h6-9,13,17-19,24H,10-12,14-16,20-21H2,1-5H3/t24-/m1/s1. The highest BCUT2D eigenvalue weighted by Crippen LogP contribution is 2.39. The van der Waals surface area contributed by atoms with Crippen molar-refractivity contribution < 1.29 is 19.0 Å². The quantitative estimate of drug-likeness (QED) is 0.266. The molecule has 0 unspecified atom stereocenters. The van der Waals surface area contributed by atoms with E-state index in [4.69, 9.17) is 19.2 Å². The van der Waals surface area contributed by atoms with Crippen LogP contribution in [0.5, 0.6) is 5.75 Å². The number of rotatable bonds is 10. The van der Waals surface area contributed by atoms with Gasteiger partial charge in [-0.15, -0.1) is 0 Å². The zero-order valence-corrected chi connectivity index (χ0v) is 26.6. The summed E-state index contributed by atoms with van der Waals surface area (Å²) in [7, 11) is 5.09. The Bertz CT molecular complexity index is 1790. The Morgan fingerprint density at radius 3 is 2.71 bits per heavy atom. The second kappa shape index (κ2) is 12.6. The Labute approximate surface area is 262 Å². The van der Waals surface area contributed by atoms with Gasteiger partial charge in [-0.2, -0.15) is 0 Å². The first kappa shape index (κ1) is 30.7. The number of ether oxygens (including phenoxy) is 3. The first-order chi connectivity index (χ1) is 21.7. The van der Waals surface area contributed by atoms with E-state index < -0.39 is 5.41 Å². The first-order valence-corrected chi connectivity index (χ1v) is 15.4. The maximum Gasteiger partial charge on any atom is 0.261 e. The summed E-state index contributed by atoms with van der Waals surface area (Å²) in [5.74, 6) is 1.41. The van der Waals surface area contributed by atoms with Crippen molar-refractivity contribution in [3.8, 4) is 5.75 Å². The second-order valence-corrected chi connectivity index (χ2v) is 12.2. The Hall–Kier alpha value is -4.35. The molecule has 236 valence electrons. The number of hydrogen-bond acceptors (Lipinski definition) is 9. The van der Waals surface area contributed by atoms with Crippen LogP contribution in [0, 0.1) is 0 Å². The summed E-state index contributed by atoms with van der Waals surface area (Å²) in [4.78, 5) is 45.0. The maximum atomic E-state index is 14.1. The van der Waals surface area contributed by atoms with Gasteiger partial charge in [-0.1, -0.05) is 0 Å². The van der Waals surface area contributed by atoms with Crippen LogP contribution in [0.3, 0.4) is 0 Å². The van der Waals surface area contributed by atoms with E-state index in [-0.39, 0.29) is 17.6 Å². The van der Waals surface area contributed by atoms with E-state index in [1.807, 2.05) is 56.4 Å². The van der Waals surface area contributed by atoms with E-state index >= 15 is 0 Å². The van der Waals surface area contributed by atoms with Gasteiger partial charge in [0.2, 0.25) is 5.91 Å². The van der Waals surface area contributed by atoms with Gasteiger partial charge >= 0.3 is 0 Å². The Kier molecular flexibility index (Phi) is 8.56. The number of aromatic nitrogens is 4. The minimum absolute atomic E-state index is 0.0120. The molecule has 2 aliphatic heterocycles. The molecule has 4 aromatic rings. The number of amides is 1. The molecular weight excluding hydrogens is 572 g/mol. The number of benzene rings is 1. The molecule has 0 bridgehead atoms. The molecule has 45 heavy (non-hydrogen) atoms. The van der Waals surface area contributed by atoms with E-state index in [0.717, 1.165) is 34.9 Å². The molecule has 1 atom stereocenters. The zero-order chi connectivity index (χ0) is 31.7. The van der Waals surface area contributed by atoms with Crippen molar-refractivity contribution in [1.29, 1.82) is 0 Å². The number of carbonyl (C=O) groups excluding carboxylic acids is 1. The molecule has 0 spiro atoms. The van der Waals surface area contributed by atoms with Gasteiger partial charge < -0.3 is 24.0 Å². The number of fused-ring (bicyclic) bond motifs is 2. The van der Waals surface area contributed by atoms with Crippen LogP contribution >= 0.6 is 0 Å². The highest BCUT2D eigenvalue weighted by atomic mass is 16.5. The van der Waals surface area contributed by atoms with Crippen LogP contribution in [0.25, 0.3) is 10.9 Å². The van der Waals surface area contributed by atoms with Gasteiger partial charge in [-0.05, 0) is 62.2 Å². The lowest BCUT2D eigenvalue weighted by Gasteiger charge is -2.34. The third-order valence-corrected chi connectivity index (χ3v) is 8.87. The van der Waals surface area contributed by atoms with Crippen molar-refractivity contribution in [2.24, 2.45) is 0 Å². The SMILES string of the molecule is COC[C@H]1CN(c2ccc3c(=O)n(CCc4cnc5c(c4)N(C)C(=O)C5(C)C)c(CCc4ncccc4OC)nc3c2)CCO1. The molecule has 1 fully saturated rings. The van der Waals surface area contributed by atoms with Gasteiger partial charge in [-0.25, -0.2) is 4.98 Å². The van der Waals surface area contributed by atoms with Gasteiger partial charge in [0.1, 0.15) is 11.6 Å². The van der Waals surface area contributed by atoms with Crippen LogP contribution in [-0.4, -0.2) is 79.1 Å². The van der Waals surface area contributed by atoms with Gasteiger partial charge in [0.05, 0.1) is 59.8 Å². The smallest absolute Gasteiger partial charge is 0.261 e. The van der Waals surface area contributed by atoms with Crippen molar-refractivity contribution in [2.75, 3.05) is 57.4 Å². The van der Waals surface area contributed by atoms with Crippen LogP contribution in [-0.2, 0) is 45.5 Å². The van der Waals surface area contributed by atoms with Crippen molar-refractivity contribution in [1.82, 2.24) is 19.5 Å². The van der Waals surface area contributed by atoms with Gasteiger partial charge in [0.25, 0.3) is 5.56 Å². The van der Waals surface area contributed by atoms with Crippen LogP contribution in [0.1, 0.15) is 36.6 Å². The minimum Gasteiger partial charge on any atom is -0.495 e. The van der Waals surface area contributed by atoms with Gasteiger partial charge in [0, 0.05) is 64.7 Å². The van der Waals surface area contributed by atoms with Crippen molar-refractivity contribution in [2.45, 2.75) is 51.2 Å². The Morgan fingerprint density at radius 2 is 1.91 bits per heavy atom. The molecule has 1 aromatic carbocycles. The molecule has 5 heterocycles. The number of aryl methyl sites for hydroxylation is 3. The summed E-state index contributed by atoms with van der Waals surface area (Å²) in [6.07, 6.45) is 5.17. The molecule has 0 saturated carbocycles. The topological polar surface area (TPSA) is 112 Å². The summed E-state index contributed by atoms with van der Waals surface area (Å²) in [6.45, 7) is 6.81. The van der Waals surface area contributed by atoms with Gasteiger partial charge in [-0.3, -0.25) is 24.1 Å². The number of methoxy groups -OCH3 is 2. The molecule has 6 rings (SSSR count). The number of carbonyl (C=O) groups is 1. The molecular formula is C34H40N6O5. The fourth-order valence-corrected chi connectivity index (χ4v) is 6.38. The molecule has 0 aliphatic carbocycles. The number of nitrogens with zero attached hydrogens (tertiary/aromatic N) is 6. The van der Waals surface area contributed by atoms with Crippen LogP contribution in [0.15, 0.2) is 53.6 Å². The largest absolute Gasteiger partial charge is 0.495 e. The third kappa shape index (κ3) is 5.89. The average molecular weight is 613 g/mol. The maximum absolute atomic E-state index is 14.1. The molecule has 0 radical (unpaired) electrons. The lowest BCUT2D eigenvalue weighted by atomic mass is 9.90. The summed E-state index contributed by atoms with van der Waals surface area (Å²) in [6, 6.07) is 11.6. The number of pyridine rings is 2. The Morgan fingerprint density at radius 1 is 1.07 bits per heavy atom. The minimum atomic E-state index is -0.660. The highest BCUT2D eigenvalue weighted by Gasteiger charge is 2.43. The fraction of sp³-hybridized carbons (Fsp3) is 0.441. The summed E-state index contributed by atoms with van der Waals surface area (Å²) in [5.41, 5.74) is 4.26. The summed E-state index contributed by atoms with van der Waals surface area (Å²) < 4.78 is 18.4. The number of anilines is 2. The number of morpholine rings is 1. The monoisotopic (exact) mass is 612 g/mol. The zero-order valence-electron chi connectivity index (χ0n) is 26.6. The molecule has 3 aromatic heterocycles. The molecule has 0 N–H and O–H groups in total. The van der Waals surface area contributed by atoms with E-state index in [9.17, 15) is 9.59 Å². The van der Waals surface area contributed by atoms with E-state index in [1.54, 1.807) is 36.9 Å². The van der Waals surface area contributed by atoms with Crippen LogP contribution in [0.4, 0.5) is 11.4 Å². The molecule has 1 saturated heterocycles. The van der Waals surface area contributed by atoms with E-state index in [1.165, 1.54) is 0 Å². The van der Waals surface area contributed by atoms with Crippen LogP contribution in [0.2, 0.25) is 0 Å². The highest BCUT2D eigenvalue weighted by molar-refractivity contribution is 6.06. The van der Waals surface area contributed by atoms with Gasteiger partial charge in [0.15, 0.2) is 0 Å². The summed E-state index contributed by atoms with van der Waals surface area (Å²) in [5, 5.41) is 0.568. The Balaban J connectivity index is 1.33. The fourth-order valence-electron chi connectivity index (χ4n) is 6.38. The lowest BCUT2D eigenvalue weighted by molar-refractivity contribution is -0.121.